The van der Waals surface area contributed by atoms with Gasteiger partial charge >= 0.3 is 0 Å². The molecule has 0 aliphatic heterocycles. The molecule has 0 fully saturated rings. The molecule has 0 heterocycles. The Bertz CT molecular complexity index is 686. The van der Waals surface area contributed by atoms with Crippen molar-refractivity contribution in [3.05, 3.63) is 71.8 Å². The van der Waals surface area contributed by atoms with Gasteiger partial charge in [0.25, 0.3) is 0 Å². The van der Waals surface area contributed by atoms with E-state index in [4.69, 9.17) is 0 Å². The van der Waals surface area contributed by atoms with Crippen LogP contribution in [0.25, 0.3) is 0 Å². The van der Waals surface area contributed by atoms with Crippen molar-refractivity contribution in [2.45, 2.75) is 25.6 Å². The minimum absolute atomic E-state index is 0.0156. The summed E-state index contributed by atoms with van der Waals surface area (Å²) < 4.78 is 0. The standard InChI is InChI=1S/C20H20Si/c1-21(2,3)17-16-20(19-12-8-5-9-13-19)15-14-18-10-6-4-7-11-18/h4-13,20H,1-3H3. The molecule has 0 nitrogen and oxygen atoms in total. The Morgan fingerprint density at radius 1 is 0.762 bits per heavy atom. The van der Waals surface area contributed by atoms with Crippen LogP contribution in [0.4, 0.5) is 0 Å². The Morgan fingerprint density at radius 2 is 1.33 bits per heavy atom. The van der Waals surface area contributed by atoms with Gasteiger partial charge in [-0.15, -0.1) is 5.54 Å². The third-order valence-corrected chi connectivity index (χ3v) is 3.75. The normalized spacial score (nSPS) is 11.6. The van der Waals surface area contributed by atoms with Crippen LogP contribution >= 0.6 is 0 Å². The zero-order chi connectivity index (χ0) is 15.1. The molecule has 21 heavy (non-hydrogen) atoms. The van der Waals surface area contributed by atoms with E-state index in [-0.39, 0.29) is 5.92 Å². The Hall–Kier alpha value is -2.22. The number of rotatable bonds is 1. The van der Waals surface area contributed by atoms with E-state index < -0.39 is 8.07 Å². The fourth-order valence-electron chi connectivity index (χ4n) is 1.81. The molecular formula is C20H20Si. The third kappa shape index (κ3) is 5.34. The Labute approximate surface area is 129 Å². The van der Waals surface area contributed by atoms with Crippen LogP contribution in [0, 0.1) is 23.3 Å². The molecule has 0 aromatic heterocycles. The van der Waals surface area contributed by atoms with E-state index in [0.29, 0.717) is 0 Å². The molecule has 2 aromatic rings. The first kappa shape index (κ1) is 15.2. The minimum Gasteiger partial charge on any atom is -0.130 e. The topological polar surface area (TPSA) is 0 Å². The van der Waals surface area contributed by atoms with Crippen LogP contribution in [0.3, 0.4) is 0 Å². The van der Waals surface area contributed by atoms with Gasteiger partial charge in [0.05, 0.1) is 0 Å². The van der Waals surface area contributed by atoms with Gasteiger partial charge in [-0.25, -0.2) is 0 Å². The first-order valence-corrected chi connectivity index (χ1v) is 10.7. The predicted molar refractivity (Wildman–Crippen MR) is 93.6 cm³/mol. The highest BCUT2D eigenvalue weighted by Crippen LogP contribution is 2.14. The summed E-state index contributed by atoms with van der Waals surface area (Å²) in [6, 6.07) is 20.4. The van der Waals surface area contributed by atoms with E-state index in [1.165, 1.54) is 5.56 Å². The van der Waals surface area contributed by atoms with Crippen LogP contribution in [0.2, 0.25) is 19.6 Å². The van der Waals surface area contributed by atoms with E-state index in [9.17, 15) is 0 Å². The molecule has 0 radical (unpaired) electrons. The van der Waals surface area contributed by atoms with Gasteiger partial charge in [0.15, 0.2) is 0 Å². The smallest absolute Gasteiger partial charge is 0.129 e. The van der Waals surface area contributed by atoms with Crippen molar-refractivity contribution in [1.29, 1.82) is 0 Å². The van der Waals surface area contributed by atoms with E-state index in [1.807, 2.05) is 48.5 Å². The molecule has 0 saturated heterocycles. The van der Waals surface area contributed by atoms with Crippen molar-refractivity contribution in [2.24, 2.45) is 0 Å². The highest BCUT2D eigenvalue weighted by atomic mass is 28.3. The summed E-state index contributed by atoms with van der Waals surface area (Å²) in [4.78, 5) is 0. The Morgan fingerprint density at radius 3 is 1.90 bits per heavy atom. The van der Waals surface area contributed by atoms with E-state index in [0.717, 1.165) is 5.56 Å². The highest BCUT2D eigenvalue weighted by molar-refractivity contribution is 6.83. The van der Waals surface area contributed by atoms with Gasteiger partial charge in [-0.2, -0.15) is 0 Å². The van der Waals surface area contributed by atoms with Crippen molar-refractivity contribution in [2.75, 3.05) is 0 Å². The fraction of sp³-hybridized carbons (Fsp3) is 0.200. The van der Waals surface area contributed by atoms with Gasteiger partial charge in [0, 0.05) is 5.56 Å². The summed E-state index contributed by atoms with van der Waals surface area (Å²) in [5.41, 5.74) is 5.65. The van der Waals surface area contributed by atoms with Crippen molar-refractivity contribution in [3.8, 4) is 23.3 Å². The molecule has 0 aliphatic carbocycles. The zero-order valence-electron chi connectivity index (χ0n) is 12.9. The quantitative estimate of drug-likeness (QED) is 0.527. The first-order chi connectivity index (χ1) is 10.0. The van der Waals surface area contributed by atoms with E-state index in [1.54, 1.807) is 0 Å². The average Bonchev–Trinajstić information content (AvgIpc) is 2.48. The lowest BCUT2D eigenvalue weighted by Gasteiger charge is -2.07. The zero-order valence-corrected chi connectivity index (χ0v) is 13.9. The lowest BCUT2D eigenvalue weighted by atomic mass is 10.0. The average molecular weight is 288 g/mol. The first-order valence-electron chi connectivity index (χ1n) is 7.19. The molecule has 1 heteroatoms. The summed E-state index contributed by atoms with van der Waals surface area (Å²) in [5.74, 6) is 9.93. The Balaban J connectivity index is 2.33. The fourth-order valence-corrected chi connectivity index (χ4v) is 2.39. The molecule has 1 unspecified atom stereocenters. The Kier molecular flexibility index (Phi) is 5.04. The second-order valence-electron chi connectivity index (χ2n) is 6.00. The predicted octanol–water partition coefficient (Wildman–Crippen LogP) is 4.70. The lowest BCUT2D eigenvalue weighted by Crippen LogP contribution is -2.16. The van der Waals surface area contributed by atoms with Gasteiger partial charge in [-0.05, 0) is 17.7 Å². The van der Waals surface area contributed by atoms with Gasteiger partial charge in [0.1, 0.15) is 14.0 Å². The van der Waals surface area contributed by atoms with Crippen LogP contribution in [0.5, 0.6) is 0 Å². The van der Waals surface area contributed by atoms with Gasteiger partial charge in [-0.3, -0.25) is 0 Å². The molecule has 1 atom stereocenters. The number of hydrogen-bond acceptors (Lipinski definition) is 0. The van der Waals surface area contributed by atoms with Crippen LogP contribution in [-0.4, -0.2) is 8.07 Å². The van der Waals surface area contributed by atoms with Crippen LogP contribution in [0.15, 0.2) is 60.7 Å². The van der Waals surface area contributed by atoms with Crippen molar-refractivity contribution < 1.29 is 0 Å². The molecule has 0 amide bonds. The lowest BCUT2D eigenvalue weighted by molar-refractivity contribution is 1.17. The highest BCUT2D eigenvalue weighted by Gasteiger charge is 2.10. The molecule has 0 N–H and O–H groups in total. The maximum atomic E-state index is 3.44. The third-order valence-electron chi connectivity index (χ3n) is 2.86. The van der Waals surface area contributed by atoms with Gasteiger partial charge in [-0.1, -0.05) is 85.9 Å². The monoisotopic (exact) mass is 288 g/mol. The maximum absolute atomic E-state index is 3.44. The molecule has 0 saturated carbocycles. The van der Waals surface area contributed by atoms with Crippen LogP contribution in [-0.2, 0) is 0 Å². The second-order valence-corrected chi connectivity index (χ2v) is 10.7. The summed E-state index contributed by atoms with van der Waals surface area (Å²) >= 11 is 0. The molecule has 0 aliphatic rings. The van der Waals surface area contributed by atoms with Crippen molar-refractivity contribution >= 4 is 8.07 Å². The minimum atomic E-state index is -1.39. The molecule has 0 spiro atoms. The molecule has 104 valence electrons. The molecule has 2 aromatic carbocycles. The SMILES string of the molecule is C[Si](C)(C)C#CC(C#Cc1ccccc1)c1ccccc1. The van der Waals surface area contributed by atoms with E-state index in [2.05, 4.69) is 55.1 Å². The summed E-state index contributed by atoms with van der Waals surface area (Å²) in [5, 5.41) is 0. The van der Waals surface area contributed by atoms with E-state index >= 15 is 0 Å². The van der Waals surface area contributed by atoms with Crippen LogP contribution in [0.1, 0.15) is 17.0 Å². The van der Waals surface area contributed by atoms with Gasteiger partial charge < -0.3 is 0 Å². The number of hydrogen-bond donors (Lipinski definition) is 0. The second kappa shape index (κ2) is 6.98. The van der Waals surface area contributed by atoms with Crippen LogP contribution < -0.4 is 0 Å². The number of benzene rings is 2. The summed E-state index contributed by atoms with van der Waals surface area (Å²) in [7, 11) is -1.39. The molecule has 2 rings (SSSR count). The molecular weight excluding hydrogens is 268 g/mol. The summed E-state index contributed by atoms with van der Waals surface area (Å²) in [6.45, 7) is 6.77. The largest absolute Gasteiger partial charge is 0.130 e. The maximum Gasteiger partial charge on any atom is 0.129 e. The van der Waals surface area contributed by atoms with Crippen molar-refractivity contribution in [1.82, 2.24) is 0 Å². The summed E-state index contributed by atoms with van der Waals surface area (Å²) in [6.07, 6.45) is 0. The molecule has 0 bridgehead atoms. The van der Waals surface area contributed by atoms with Crippen molar-refractivity contribution in [3.63, 3.8) is 0 Å². The van der Waals surface area contributed by atoms with Gasteiger partial charge in [0.2, 0.25) is 0 Å².